The van der Waals surface area contributed by atoms with E-state index >= 15 is 0 Å². The van der Waals surface area contributed by atoms with Crippen molar-refractivity contribution in [2.75, 3.05) is 0 Å². The number of hydrogen-bond donors (Lipinski definition) is 0. The summed E-state index contributed by atoms with van der Waals surface area (Å²) in [5.74, 6) is 0. The van der Waals surface area contributed by atoms with E-state index in [1.165, 1.54) is 43.5 Å². The lowest BCUT2D eigenvalue weighted by molar-refractivity contribution is 1.07. The van der Waals surface area contributed by atoms with E-state index < -0.39 is 14.5 Å². The molecule has 0 aliphatic heterocycles. The van der Waals surface area contributed by atoms with Gasteiger partial charge in [0.05, 0.1) is 59.4 Å². The Hall–Kier alpha value is -3.82. The molecule has 0 spiro atoms. The third-order valence-corrected chi connectivity index (χ3v) is 20.1. The molecule has 0 N–H and O–H groups in total. The van der Waals surface area contributed by atoms with Gasteiger partial charge in [-0.2, -0.15) is 0 Å². The highest BCUT2D eigenvalue weighted by Crippen LogP contribution is 2.64. The van der Waals surface area contributed by atoms with Gasteiger partial charge < -0.3 is 0 Å². The molecule has 0 atom stereocenters. The first-order chi connectivity index (χ1) is 22.9. The number of rotatable bonds is 12. The predicted molar refractivity (Wildman–Crippen MR) is 212 cm³/mol. The van der Waals surface area contributed by atoms with Crippen LogP contribution in [0.5, 0.6) is 0 Å². The van der Waals surface area contributed by atoms with Crippen LogP contribution in [-0.2, 0) is 18.7 Å². The van der Waals surface area contributed by atoms with Crippen molar-refractivity contribution in [3.8, 4) is 0 Å². The molecule has 2 heteroatoms. The van der Waals surface area contributed by atoms with Crippen LogP contribution in [0.25, 0.3) is 0 Å². The Morgan fingerprint density at radius 2 is 0.553 bits per heavy atom. The minimum absolute atomic E-state index is 0.547. The van der Waals surface area contributed by atoms with Gasteiger partial charge >= 0.3 is 0 Å². The second kappa shape index (κ2) is 14.9. The van der Waals surface area contributed by atoms with E-state index in [-0.39, 0.29) is 0 Å². The summed E-state index contributed by atoms with van der Waals surface area (Å²) in [7, 11) is -3.30. The Kier molecular flexibility index (Phi) is 10.5. The Morgan fingerprint density at radius 3 is 0.787 bits per heavy atom. The fraction of sp³-hybridized carbons (Fsp3) is 0.200. The monoisotopic (exact) mass is 650 g/mol. The topological polar surface area (TPSA) is 0 Å². The first kappa shape index (κ1) is 33.1. The fourth-order valence-electron chi connectivity index (χ4n) is 7.33. The molecule has 236 valence electrons. The average Bonchev–Trinajstić information content (AvgIpc) is 3.12. The highest BCUT2D eigenvalue weighted by atomic mass is 31.2. The molecule has 0 aromatic heterocycles. The lowest BCUT2D eigenvalue weighted by Crippen LogP contribution is -2.30. The molecule has 6 aromatic rings. The summed E-state index contributed by atoms with van der Waals surface area (Å²) in [4.78, 5) is 0. The predicted octanol–water partition coefficient (Wildman–Crippen LogP) is 10.4. The molecule has 47 heavy (non-hydrogen) atoms. The smallest absolute Gasteiger partial charge is 0.0620 e. The van der Waals surface area contributed by atoms with Crippen molar-refractivity contribution >= 4 is 35.7 Å². The van der Waals surface area contributed by atoms with Crippen molar-refractivity contribution in [3.63, 3.8) is 0 Å². The molecule has 6 aromatic carbocycles. The highest BCUT2D eigenvalue weighted by molar-refractivity contribution is 7.89. The van der Waals surface area contributed by atoms with E-state index in [2.05, 4.69) is 198 Å². The average molecular weight is 651 g/mol. The molecule has 0 heterocycles. The van der Waals surface area contributed by atoms with Crippen molar-refractivity contribution in [1.82, 2.24) is 0 Å². The van der Waals surface area contributed by atoms with Gasteiger partial charge in [-0.1, -0.05) is 121 Å². The maximum atomic E-state index is 2.42. The Bertz CT molecular complexity index is 1590. The number of hydrogen-bond acceptors (Lipinski definition) is 0. The molecule has 0 saturated heterocycles. The van der Waals surface area contributed by atoms with Crippen LogP contribution >= 0.6 is 14.5 Å². The quantitative estimate of drug-likeness (QED) is 0.116. The second-order valence-corrected chi connectivity index (χ2v) is 21.6. The van der Waals surface area contributed by atoms with E-state index in [4.69, 9.17) is 0 Å². The fourth-order valence-corrected chi connectivity index (χ4v) is 16.2. The van der Waals surface area contributed by atoms with Crippen LogP contribution in [-0.4, -0.2) is 11.3 Å². The van der Waals surface area contributed by atoms with Crippen molar-refractivity contribution in [1.29, 1.82) is 0 Å². The maximum Gasteiger partial charge on any atom is 0.0998 e. The van der Waals surface area contributed by atoms with Crippen molar-refractivity contribution in [3.05, 3.63) is 192 Å². The molecular weight excluding hydrogens is 602 g/mol. The summed E-state index contributed by atoms with van der Waals surface area (Å²) in [6, 6.07) is 64.0. The van der Waals surface area contributed by atoms with Gasteiger partial charge in [0.2, 0.25) is 0 Å². The van der Waals surface area contributed by atoms with Gasteiger partial charge in [0.15, 0.2) is 0 Å². The van der Waals surface area contributed by atoms with Crippen LogP contribution in [0.15, 0.2) is 170 Å². The molecule has 0 radical (unpaired) electrons. The summed E-state index contributed by atoms with van der Waals surface area (Å²) >= 11 is 0. The van der Waals surface area contributed by atoms with Gasteiger partial charge in [-0.15, -0.1) is 0 Å². The summed E-state index contributed by atoms with van der Waals surface area (Å²) in [6.45, 7) is 9.66. The Balaban J connectivity index is 1.22. The molecule has 0 saturated carbocycles. The van der Waals surface area contributed by atoms with Gasteiger partial charge in [-0.25, -0.2) is 0 Å². The van der Waals surface area contributed by atoms with Crippen LogP contribution in [0, 0.1) is 0 Å². The van der Waals surface area contributed by atoms with Gasteiger partial charge in [0.25, 0.3) is 0 Å². The molecule has 0 unspecified atom stereocenters. The summed E-state index contributed by atoms with van der Waals surface area (Å²) in [5.41, 5.74) is 6.68. The Morgan fingerprint density at radius 1 is 0.319 bits per heavy atom. The van der Waals surface area contributed by atoms with Gasteiger partial charge in [-0.3, -0.25) is 0 Å². The minimum atomic E-state index is -1.65. The van der Waals surface area contributed by atoms with Gasteiger partial charge in [-0.05, 0) is 105 Å². The highest BCUT2D eigenvalue weighted by Gasteiger charge is 2.47. The normalized spacial score (nSPS) is 12.0. The molecule has 0 aliphatic rings. The summed E-state index contributed by atoms with van der Waals surface area (Å²) in [5, 5.41) is 5.98. The third-order valence-electron chi connectivity index (χ3n) is 9.95. The van der Waals surface area contributed by atoms with Crippen LogP contribution in [0.2, 0.25) is 0 Å². The van der Waals surface area contributed by atoms with Crippen molar-refractivity contribution < 1.29 is 0 Å². The molecule has 6 rings (SSSR count). The first-order valence-corrected chi connectivity index (χ1v) is 21.1. The second-order valence-electron chi connectivity index (χ2n) is 13.4. The van der Waals surface area contributed by atoms with Crippen molar-refractivity contribution in [2.24, 2.45) is 0 Å². The van der Waals surface area contributed by atoms with Crippen LogP contribution in [0.1, 0.15) is 49.9 Å². The SMILES string of the molecule is CC(C)[P+](Cc1ccc(Cc2ccc(C[P+](c3ccccc3)(c3ccccc3)C(C)C)cc2)cc1)(c1ccccc1)c1ccccc1. The van der Waals surface area contributed by atoms with E-state index in [1.807, 2.05) is 0 Å². The van der Waals surface area contributed by atoms with Gasteiger partial charge in [0, 0.05) is 0 Å². The van der Waals surface area contributed by atoms with Crippen LogP contribution < -0.4 is 21.2 Å². The van der Waals surface area contributed by atoms with Crippen LogP contribution in [0.3, 0.4) is 0 Å². The molecule has 0 amide bonds. The molecule has 0 nitrogen and oxygen atoms in total. The minimum Gasteiger partial charge on any atom is -0.0620 e. The van der Waals surface area contributed by atoms with Crippen molar-refractivity contribution in [2.45, 2.75) is 57.8 Å². The molecule has 0 aliphatic carbocycles. The Labute approximate surface area is 284 Å². The van der Waals surface area contributed by atoms with E-state index in [0.29, 0.717) is 11.3 Å². The zero-order valence-electron chi connectivity index (χ0n) is 28.3. The summed E-state index contributed by atoms with van der Waals surface area (Å²) in [6.07, 6.45) is 3.11. The first-order valence-electron chi connectivity index (χ1n) is 17.1. The standard InChI is InChI=1S/C45H48P2/c1-36(2)46(42-17-9-5-10-18-42,43-19-11-6-12-20-43)34-40-29-25-38(26-30-40)33-39-27-31-41(32-28-39)35-47(37(3)4,44-21-13-7-14-22-44)45-23-15-8-16-24-45/h5-32,36-37H,33-35H2,1-4H3/q+2. The molecular formula is C45H48P2+2. The molecule has 0 fully saturated rings. The van der Waals surface area contributed by atoms with E-state index in [1.54, 1.807) is 0 Å². The van der Waals surface area contributed by atoms with Crippen LogP contribution in [0.4, 0.5) is 0 Å². The third kappa shape index (κ3) is 7.06. The van der Waals surface area contributed by atoms with E-state index in [9.17, 15) is 0 Å². The maximum absolute atomic E-state index is 2.42. The zero-order chi connectivity index (χ0) is 32.7. The van der Waals surface area contributed by atoms with E-state index in [0.717, 1.165) is 18.7 Å². The zero-order valence-corrected chi connectivity index (χ0v) is 30.1. The lowest BCUT2D eigenvalue weighted by Gasteiger charge is -2.31. The number of benzene rings is 6. The van der Waals surface area contributed by atoms with Gasteiger partial charge in [0.1, 0.15) is 0 Å². The molecule has 0 bridgehead atoms. The lowest BCUT2D eigenvalue weighted by atomic mass is 10.0. The summed E-state index contributed by atoms with van der Waals surface area (Å²) < 4.78 is 0. The largest absolute Gasteiger partial charge is 0.0998 e.